The van der Waals surface area contributed by atoms with Gasteiger partial charge in [-0.2, -0.15) is 4.98 Å². The molecule has 7 nitrogen and oxygen atoms in total. The molecule has 0 aliphatic heterocycles. The van der Waals surface area contributed by atoms with Crippen molar-refractivity contribution in [3.8, 4) is 0 Å². The van der Waals surface area contributed by atoms with Gasteiger partial charge >= 0.3 is 0 Å². The largest absolute Gasteiger partial charge is 0.340 e. The summed E-state index contributed by atoms with van der Waals surface area (Å²) in [6.45, 7) is -0.175. The second-order valence-electron chi connectivity index (χ2n) is 4.06. The molecule has 3 N–H and O–H groups in total. The zero-order valence-corrected chi connectivity index (χ0v) is 12.3. The van der Waals surface area contributed by atoms with E-state index in [0.29, 0.717) is 0 Å². The van der Waals surface area contributed by atoms with E-state index in [-0.39, 0.29) is 36.0 Å². The van der Waals surface area contributed by atoms with Crippen molar-refractivity contribution in [2.24, 2.45) is 5.73 Å². The molecule has 2 aromatic rings. The predicted octanol–water partition coefficient (Wildman–Crippen LogP) is 0.842. The molecule has 0 aliphatic carbocycles. The molecule has 0 bridgehead atoms. The van der Waals surface area contributed by atoms with Gasteiger partial charge in [-0.25, -0.2) is 17.5 Å². The van der Waals surface area contributed by atoms with Crippen molar-refractivity contribution in [1.29, 1.82) is 0 Å². The Morgan fingerprint density at radius 1 is 1.43 bits per heavy atom. The standard InChI is InChI=1S/C11H12ClFN4O3S/c12-8-3-7(5-14)11(13)9(4-8)21(18,19)17-2-1-10-15-6-16-20-10/h3-4,6,17H,1-2,5,14H2. The fourth-order valence-electron chi connectivity index (χ4n) is 1.64. The van der Waals surface area contributed by atoms with Crippen LogP contribution in [0.5, 0.6) is 0 Å². The van der Waals surface area contributed by atoms with Gasteiger partial charge in [0.1, 0.15) is 10.7 Å². The van der Waals surface area contributed by atoms with Crippen LogP contribution in [0.25, 0.3) is 0 Å². The van der Waals surface area contributed by atoms with Gasteiger partial charge in [0.15, 0.2) is 6.33 Å². The molecule has 0 radical (unpaired) electrons. The van der Waals surface area contributed by atoms with Crippen molar-refractivity contribution >= 4 is 21.6 Å². The third-order valence-electron chi connectivity index (χ3n) is 2.63. The maximum atomic E-state index is 14.1. The van der Waals surface area contributed by atoms with Gasteiger partial charge < -0.3 is 10.3 Å². The molecule has 21 heavy (non-hydrogen) atoms. The van der Waals surface area contributed by atoms with Gasteiger partial charge in [-0.05, 0) is 12.1 Å². The van der Waals surface area contributed by atoms with Crippen molar-refractivity contribution in [2.75, 3.05) is 6.54 Å². The van der Waals surface area contributed by atoms with Crippen molar-refractivity contribution in [2.45, 2.75) is 17.9 Å². The second kappa shape index (κ2) is 6.48. The van der Waals surface area contributed by atoms with Gasteiger partial charge in [-0.3, -0.25) is 0 Å². The molecule has 10 heteroatoms. The maximum Gasteiger partial charge on any atom is 0.243 e. The average molecular weight is 335 g/mol. The van der Waals surface area contributed by atoms with E-state index in [1.807, 2.05) is 0 Å². The van der Waals surface area contributed by atoms with Crippen molar-refractivity contribution in [1.82, 2.24) is 14.9 Å². The van der Waals surface area contributed by atoms with Gasteiger partial charge in [0.05, 0.1) is 0 Å². The minimum atomic E-state index is -4.05. The lowest BCUT2D eigenvalue weighted by molar-refractivity contribution is 0.377. The molecule has 0 unspecified atom stereocenters. The van der Waals surface area contributed by atoms with Gasteiger partial charge in [0.25, 0.3) is 0 Å². The van der Waals surface area contributed by atoms with Crippen LogP contribution in [0.2, 0.25) is 5.02 Å². The Morgan fingerprint density at radius 2 is 2.19 bits per heavy atom. The van der Waals surface area contributed by atoms with E-state index in [2.05, 4.69) is 14.9 Å². The van der Waals surface area contributed by atoms with E-state index in [9.17, 15) is 12.8 Å². The van der Waals surface area contributed by atoms with Crippen LogP contribution >= 0.6 is 11.6 Å². The fourth-order valence-corrected chi connectivity index (χ4v) is 3.12. The van der Waals surface area contributed by atoms with Crippen LogP contribution < -0.4 is 10.5 Å². The maximum absolute atomic E-state index is 14.1. The smallest absolute Gasteiger partial charge is 0.243 e. The van der Waals surface area contributed by atoms with E-state index < -0.39 is 20.7 Å². The van der Waals surface area contributed by atoms with Crippen LogP contribution in [0.1, 0.15) is 11.5 Å². The summed E-state index contributed by atoms with van der Waals surface area (Å²) >= 11 is 5.77. The van der Waals surface area contributed by atoms with E-state index in [1.54, 1.807) is 0 Å². The third kappa shape index (κ3) is 3.76. The summed E-state index contributed by atoms with van der Waals surface area (Å²) in [7, 11) is -4.05. The molecule has 1 aromatic carbocycles. The highest BCUT2D eigenvalue weighted by molar-refractivity contribution is 7.89. The van der Waals surface area contributed by atoms with Crippen LogP contribution in [0.4, 0.5) is 4.39 Å². The SMILES string of the molecule is NCc1cc(Cl)cc(S(=O)(=O)NCCc2ncno2)c1F. The fraction of sp³-hybridized carbons (Fsp3) is 0.273. The summed E-state index contributed by atoms with van der Waals surface area (Å²) in [5.74, 6) is -0.640. The molecule has 0 atom stereocenters. The number of nitrogens with one attached hydrogen (secondary N) is 1. The van der Waals surface area contributed by atoms with Gasteiger partial charge in [0.2, 0.25) is 15.9 Å². The van der Waals surface area contributed by atoms with E-state index >= 15 is 0 Å². The number of benzene rings is 1. The summed E-state index contributed by atoms with van der Waals surface area (Å²) in [4.78, 5) is 3.20. The number of nitrogens with two attached hydrogens (primary N) is 1. The summed E-state index contributed by atoms with van der Waals surface area (Å²) in [5, 5.41) is 3.48. The number of halogens is 2. The lowest BCUT2D eigenvalue weighted by Crippen LogP contribution is -2.27. The molecule has 0 amide bonds. The number of nitrogens with zero attached hydrogens (tertiary/aromatic N) is 2. The van der Waals surface area contributed by atoms with Gasteiger partial charge in [-0.1, -0.05) is 16.8 Å². The summed E-state index contributed by atoms with van der Waals surface area (Å²) in [5.41, 5.74) is 5.38. The minimum Gasteiger partial charge on any atom is -0.340 e. The monoisotopic (exact) mass is 334 g/mol. The van der Waals surface area contributed by atoms with Gasteiger partial charge in [-0.15, -0.1) is 0 Å². The van der Waals surface area contributed by atoms with Crippen LogP contribution in [0, 0.1) is 5.82 Å². The van der Waals surface area contributed by atoms with Crippen molar-refractivity contribution < 1.29 is 17.3 Å². The Balaban J connectivity index is 2.17. The van der Waals surface area contributed by atoms with E-state index in [4.69, 9.17) is 21.9 Å². The number of hydrogen-bond acceptors (Lipinski definition) is 6. The summed E-state index contributed by atoms with van der Waals surface area (Å²) < 4.78 is 45.2. The highest BCUT2D eigenvalue weighted by Gasteiger charge is 2.22. The highest BCUT2D eigenvalue weighted by Crippen LogP contribution is 2.23. The summed E-state index contributed by atoms with van der Waals surface area (Å²) in [6.07, 6.45) is 1.39. The third-order valence-corrected chi connectivity index (χ3v) is 4.31. The molecule has 0 saturated carbocycles. The zero-order valence-electron chi connectivity index (χ0n) is 10.7. The van der Waals surface area contributed by atoms with E-state index in [0.717, 1.165) is 6.07 Å². The lowest BCUT2D eigenvalue weighted by Gasteiger charge is -2.10. The molecule has 0 spiro atoms. The van der Waals surface area contributed by atoms with Crippen LogP contribution in [-0.2, 0) is 23.0 Å². The van der Waals surface area contributed by atoms with Crippen LogP contribution in [0.3, 0.4) is 0 Å². The molecule has 0 aliphatic rings. The Kier molecular flexibility index (Phi) is 4.88. The molecule has 114 valence electrons. The average Bonchev–Trinajstić information content (AvgIpc) is 2.93. The van der Waals surface area contributed by atoms with Crippen LogP contribution in [-0.4, -0.2) is 25.1 Å². The molecular weight excluding hydrogens is 323 g/mol. The first-order valence-electron chi connectivity index (χ1n) is 5.87. The molecular formula is C11H12ClFN4O3S. The number of sulfonamides is 1. The predicted molar refractivity (Wildman–Crippen MR) is 72.5 cm³/mol. The summed E-state index contributed by atoms with van der Waals surface area (Å²) in [6, 6.07) is 2.32. The lowest BCUT2D eigenvalue weighted by atomic mass is 10.2. The highest BCUT2D eigenvalue weighted by atomic mass is 35.5. The first kappa shape index (κ1) is 15.8. The Hall–Kier alpha value is -1.55. The molecule has 1 heterocycles. The molecule has 2 rings (SSSR count). The topological polar surface area (TPSA) is 111 Å². The van der Waals surface area contributed by atoms with Crippen LogP contribution in [0.15, 0.2) is 27.9 Å². The first-order valence-corrected chi connectivity index (χ1v) is 7.73. The zero-order chi connectivity index (χ0) is 15.5. The Bertz CT molecular complexity index is 721. The minimum absolute atomic E-state index is 0.0194. The first-order chi connectivity index (χ1) is 9.94. The Labute approximate surface area is 125 Å². The van der Waals surface area contributed by atoms with Gasteiger partial charge in [0, 0.05) is 30.1 Å². The Morgan fingerprint density at radius 3 is 2.81 bits per heavy atom. The molecule has 0 fully saturated rings. The van der Waals surface area contributed by atoms with Crippen molar-refractivity contribution in [3.05, 3.63) is 40.8 Å². The molecule has 1 aromatic heterocycles. The normalized spacial score (nSPS) is 11.8. The molecule has 0 saturated heterocycles. The number of hydrogen-bond donors (Lipinski definition) is 2. The number of rotatable bonds is 6. The van der Waals surface area contributed by atoms with E-state index in [1.165, 1.54) is 12.4 Å². The second-order valence-corrected chi connectivity index (χ2v) is 6.24. The van der Waals surface area contributed by atoms with Crippen molar-refractivity contribution in [3.63, 3.8) is 0 Å². The quantitative estimate of drug-likeness (QED) is 0.809. The number of aromatic nitrogens is 2.